The number of nitrogens with zero attached hydrogens (tertiary/aromatic N) is 4. The molecule has 140 valence electrons. The monoisotopic (exact) mass is 376 g/mol. The van der Waals surface area contributed by atoms with E-state index in [0.717, 1.165) is 42.9 Å². The van der Waals surface area contributed by atoms with Crippen molar-refractivity contribution in [3.05, 3.63) is 47.1 Å². The number of aromatic nitrogens is 2. The van der Waals surface area contributed by atoms with Crippen molar-refractivity contribution in [1.29, 1.82) is 0 Å². The number of ether oxygens (including phenoxy) is 1. The van der Waals surface area contributed by atoms with Crippen molar-refractivity contribution < 1.29 is 9.57 Å². The number of benzene rings is 1. The Balaban J connectivity index is 1.59. The molecule has 0 fully saturated rings. The van der Waals surface area contributed by atoms with E-state index in [1.54, 1.807) is 12.3 Å². The Morgan fingerprint density at radius 2 is 1.88 bits per heavy atom. The van der Waals surface area contributed by atoms with Crippen molar-refractivity contribution in [2.75, 3.05) is 31.7 Å². The number of rotatable bonds is 11. The highest BCUT2D eigenvalue weighted by molar-refractivity contribution is 6.29. The normalized spacial score (nSPS) is 10.9. The van der Waals surface area contributed by atoms with Crippen molar-refractivity contribution in [1.82, 2.24) is 10.2 Å². The molecule has 0 unspecified atom stereocenters. The average molecular weight is 377 g/mol. The van der Waals surface area contributed by atoms with Gasteiger partial charge in [-0.05, 0) is 68.1 Å². The minimum atomic E-state index is 0.411. The summed E-state index contributed by atoms with van der Waals surface area (Å²) in [5.41, 5.74) is 0.985. The number of unbranched alkanes of at least 4 members (excludes halogenated alkanes) is 2. The van der Waals surface area contributed by atoms with Crippen LogP contribution in [0.5, 0.6) is 5.75 Å². The van der Waals surface area contributed by atoms with Crippen LogP contribution in [-0.4, -0.2) is 43.2 Å². The molecule has 0 amide bonds. The summed E-state index contributed by atoms with van der Waals surface area (Å²) in [6, 6.07) is 11.4. The SMILES string of the molecule is CCO/N=C/c1ccc(OCCCCCN(C)c2ccc(Cl)nn2)cc1. The topological polar surface area (TPSA) is 59.8 Å². The van der Waals surface area contributed by atoms with Crippen molar-refractivity contribution in [2.45, 2.75) is 26.2 Å². The average Bonchev–Trinajstić information content (AvgIpc) is 2.66. The van der Waals surface area contributed by atoms with Crippen LogP contribution in [0.1, 0.15) is 31.7 Å². The third-order valence-corrected chi connectivity index (χ3v) is 3.90. The van der Waals surface area contributed by atoms with Gasteiger partial charge in [-0.1, -0.05) is 16.8 Å². The van der Waals surface area contributed by atoms with Gasteiger partial charge in [0.15, 0.2) is 11.0 Å². The van der Waals surface area contributed by atoms with E-state index in [-0.39, 0.29) is 0 Å². The van der Waals surface area contributed by atoms with E-state index >= 15 is 0 Å². The fourth-order valence-electron chi connectivity index (χ4n) is 2.27. The van der Waals surface area contributed by atoms with E-state index in [1.807, 2.05) is 44.3 Å². The lowest BCUT2D eigenvalue weighted by Gasteiger charge is -2.17. The fraction of sp³-hybridized carbons (Fsp3) is 0.421. The van der Waals surface area contributed by atoms with Crippen LogP contribution < -0.4 is 9.64 Å². The van der Waals surface area contributed by atoms with E-state index in [0.29, 0.717) is 18.4 Å². The first-order valence-electron chi connectivity index (χ1n) is 8.77. The molecule has 1 aromatic heterocycles. The van der Waals surface area contributed by atoms with Gasteiger partial charge in [-0.25, -0.2) is 0 Å². The predicted molar refractivity (Wildman–Crippen MR) is 105 cm³/mol. The number of hydrogen-bond donors (Lipinski definition) is 0. The molecule has 1 heterocycles. The van der Waals surface area contributed by atoms with E-state index in [9.17, 15) is 0 Å². The Morgan fingerprint density at radius 1 is 1.08 bits per heavy atom. The summed E-state index contributed by atoms with van der Waals surface area (Å²) in [4.78, 5) is 7.02. The Hall–Kier alpha value is -2.34. The second-order valence-corrected chi connectivity index (χ2v) is 6.15. The summed E-state index contributed by atoms with van der Waals surface area (Å²) in [5, 5.41) is 12.2. The van der Waals surface area contributed by atoms with Gasteiger partial charge in [0.25, 0.3) is 0 Å². The first-order valence-corrected chi connectivity index (χ1v) is 9.15. The largest absolute Gasteiger partial charge is 0.494 e. The molecule has 1 aromatic carbocycles. The molecule has 2 aromatic rings. The summed E-state index contributed by atoms with van der Waals surface area (Å²) < 4.78 is 5.77. The lowest BCUT2D eigenvalue weighted by molar-refractivity contribution is 0.160. The third-order valence-electron chi connectivity index (χ3n) is 3.70. The summed E-state index contributed by atoms with van der Waals surface area (Å²) in [7, 11) is 2.00. The molecular weight excluding hydrogens is 352 g/mol. The molecule has 0 atom stereocenters. The molecule has 0 saturated heterocycles. The van der Waals surface area contributed by atoms with Gasteiger partial charge in [-0.2, -0.15) is 0 Å². The molecule has 0 aliphatic heterocycles. The molecule has 0 spiro atoms. The highest BCUT2D eigenvalue weighted by Gasteiger charge is 2.03. The number of oxime groups is 1. The summed E-state index contributed by atoms with van der Waals surface area (Å²) in [5.74, 6) is 1.70. The highest BCUT2D eigenvalue weighted by atomic mass is 35.5. The zero-order chi connectivity index (χ0) is 18.6. The lowest BCUT2D eigenvalue weighted by Crippen LogP contribution is -2.20. The second kappa shape index (κ2) is 11.3. The fourth-order valence-corrected chi connectivity index (χ4v) is 2.37. The van der Waals surface area contributed by atoms with E-state index in [4.69, 9.17) is 21.2 Å². The first-order chi connectivity index (χ1) is 12.7. The number of halogens is 1. The Labute approximate surface area is 159 Å². The van der Waals surface area contributed by atoms with Crippen LogP contribution in [-0.2, 0) is 4.84 Å². The maximum atomic E-state index is 5.77. The van der Waals surface area contributed by atoms with Gasteiger partial charge in [0.1, 0.15) is 12.4 Å². The van der Waals surface area contributed by atoms with Gasteiger partial charge < -0.3 is 14.5 Å². The Morgan fingerprint density at radius 3 is 2.58 bits per heavy atom. The van der Waals surface area contributed by atoms with Crippen molar-refractivity contribution in [3.63, 3.8) is 0 Å². The molecule has 0 bridgehead atoms. The van der Waals surface area contributed by atoms with Crippen molar-refractivity contribution >= 4 is 23.6 Å². The quantitative estimate of drug-likeness (QED) is 0.334. The van der Waals surface area contributed by atoms with Crippen LogP contribution >= 0.6 is 11.6 Å². The smallest absolute Gasteiger partial charge is 0.151 e. The molecule has 26 heavy (non-hydrogen) atoms. The van der Waals surface area contributed by atoms with Gasteiger partial charge >= 0.3 is 0 Å². The molecule has 0 aliphatic rings. The van der Waals surface area contributed by atoms with Crippen LogP contribution in [0.25, 0.3) is 0 Å². The Bertz CT molecular complexity index is 662. The van der Waals surface area contributed by atoms with Crippen LogP contribution in [0.3, 0.4) is 0 Å². The molecule has 0 radical (unpaired) electrons. The maximum absolute atomic E-state index is 5.77. The zero-order valence-corrected chi connectivity index (χ0v) is 16.0. The van der Waals surface area contributed by atoms with E-state index < -0.39 is 0 Å². The summed E-state index contributed by atoms with van der Waals surface area (Å²) >= 11 is 5.75. The first kappa shape index (κ1) is 20.0. The predicted octanol–water partition coefficient (Wildman–Crippen LogP) is 4.19. The van der Waals surface area contributed by atoms with Gasteiger partial charge in [-0.15, -0.1) is 10.2 Å². The summed E-state index contributed by atoms with van der Waals surface area (Å²) in [6.45, 7) is 4.10. The standard InChI is InChI=1S/C19H25ClN4O2/c1-3-26-21-15-16-7-9-17(10-8-16)25-14-6-4-5-13-24(2)19-12-11-18(20)22-23-19/h7-12,15H,3-6,13-14H2,1-2H3/b21-15+. The van der Waals surface area contributed by atoms with Gasteiger partial charge in [0.2, 0.25) is 0 Å². The van der Waals surface area contributed by atoms with Crippen molar-refractivity contribution in [2.24, 2.45) is 5.16 Å². The summed E-state index contributed by atoms with van der Waals surface area (Å²) in [6.07, 6.45) is 4.85. The highest BCUT2D eigenvalue weighted by Crippen LogP contribution is 2.13. The minimum absolute atomic E-state index is 0.411. The van der Waals surface area contributed by atoms with Gasteiger partial charge in [0, 0.05) is 13.6 Å². The molecular formula is C19H25ClN4O2. The Kier molecular flexibility index (Phi) is 8.69. The molecule has 6 nitrogen and oxygen atoms in total. The van der Waals surface area contributed by atoms with Crippen LogP contribution in [0.4, 0.5) is 5.82 Å². The molecule has 2 rings (SSSR count). The van der Waals surface area contributed by atoms with E-state index in [2.05, 4.69) is 20.3 Å². The van der Waals surface area contributed by atoms with Crippen LogP contribution in [0, 0.1) is 0 Å². The molecule has 0 saturated carbocycles. The van der Waals surface area contributed by atoms with Gasteiger partial charge in [0.05, 0.1) is 12.8 Å². The third kappa shape index (κ3) is 7.27. The van der Waals surface area contributed by atoms with E-state index in [1.165, 1.54) is 0 Å². The van der Waals surface area contributed by atoms with Crippen LogP contribution in [0.2, 0.25) is 5.15 Å². The lowest BCUT2D eigenvalue weighted by atomic mass is 10.2. The maximum Gasteiger partial charge on any atom is 0.151 e. The van der Waals surface area contributed by atoms with Crippen LogP contribution in [0.15, 0.2) is 41.6 Å². The van der Waals surface area contributed by atoms with Gasteiger partial charge in [-0.3, -0.25) is 0 Å². The molecule has 0 N–H and O–H groups in total. The zero-order valence-electron chi connectivity index (χ0n) is 15.3. The number of hydrogen-bond acceptors (Lipinski definition) is 6. The molecule has 0 aliphatic carbocycles. The number of anilines is 1. The molecule has 7 heteroatoms. The minimum Gasteiger partial charge on any atom is -0.494 e. The second-order valence-electron chi connectivity index (χ2n) is 5.77. The van der Waals surface area contributed by atoms with Crippen molar-refractivity contribution in [3.8, 4) is 5.75 Å².